The molecule has 4 rings (SSSR count). The second-order valence-corrected chi connectivity index (χ2v) is 7.15. The van der Waals surface area contributed by atoms with Crippen LogP contribution in [0.15, 0.2) is 54.7 Å². The van der Waals surface area contributed by atoms with Gasteiger partial charge >= 0.3 is 0 Å². The lowest BCUT2D eigenvalue weighted by Crippen LogP contribution is -2.34. The van der Waals surface area contributed by atoms with Gasteiger partial charge in [-0.2, -0.15) is 5.10 Å². The highest BCUT2D eigenvalue weighted by Crippen LogP contribution is 2.29. The molecule has 27 heavy (non-hydrogen) atoms. The summed E-state index contributed by atoms with van der Waals surface area (Å²) in [4.78, 5) is 19.5. The molecule has 5 heteroatoms. The average molecular weight is 360 g/mol. The minimum Gasteiger partial charge on any atom is -0.334 e. The van der Waals surface area contributed by atoms with Crippen molar-refractivity contribution in [1.29, 1.82) is 0 Å². The summed E-state index contributed by atoms with van der Waals surface area (Å²) in [5, 5.41) is 4.67. The summed E-state index contributed by atoms with van der Waals surface area (Å²) >= 11 is 0. The van der Waals surface area contributed by atoms with E-state index in [4.69, 9.17) is 0 Å². The van der Waals surface area contributed by atoms with Crippen LogP contribution in [0.25, 0.3) is 5.69 Å². The van der Waals surface area contributed by atoms with Gasteiger partial charge < -0.3 is 4.90 Å². The maximum absolute atomic E-state index is 13.1. The Kier molecular flexibility index (Phi) is 4.75. The molecule has 0 spiro atoms. The van der Waals surface area contributed by atoms with Gasteiger partial charge in [-0.3, -0.25) is 9.78 Å². The first-order valence-electron chi connectivity index (χ1n) is 9.43. The number of hydrogen-bond donors (Lipinski definition) is 0. The monoisotopic (exact) mass is 360 g/mol. The van der Waals surface area contributed by atoms with Crippen LogP contribution in [-0.4, -0.2) is 31.6 Å². The normalized spacial score (nSPS) is 13.6. The Balaban J connectivity index is 1.56. The first-order valence-corrected chi connectivity index (χ1v) is 9.43. The molecule has 0 N–H and O–H groups in total. The van der Waals surface area contributed by atoms with Crippen LogP contribution >= 0.6 is 0 Å². The molecule has 2 aromatic heterocycles. The van der Waals surface area contributed by atoms with Gasteiger partial charge in [-0.05, 0) is 51.0 Å². The highest BCUT2D eigenvalue weighted by molar-refractivity contribution is 5.80. The van der Waals surface area contributed by atoms with Gasteiger partial charge in [0.05, 0.1) is 30.0 Å². The third-order valence-electron chi connectivity index (χ3n) is 5.14. The van der Waals surface area contributed by atoms with Gasteiger partial charge in [-0.15, -0.1) is 0 Å². The summed E-state index contributed by atoms with van der Waals surface area (Å²) in [5.74, 6) is 0.155. The molecule has 0 unspecified atom stereocenters. The molecule has 5 nitrogen and oxygen atoms in total. The highest BCUT2D eigenvalue weighted by atomic mass is 16.2. The Labute approximate surface area is 159 Å². The van der Waals surface area contributed by atoms with Gasteiger partial charge in [0, 0.05) is 23.5 Å². The maximum atomic E-state index is 13.1. The number of rotatable bonds is 6. The third-order valence-corrected chi connectivity index (χ3v) is 5.14. The molecule has 0 bridgehead atoms. The van der Waals surface area contributed by atoms with Crippen molar-refractivity contribution in [3.8, 4) is 5.69 Å². The van der Waals surface area contributed by atoms with Gasteiger partial charge in [-0.25, -0.2) is 4.68 Å². The van der Waals surface area contributed by atoms with Gasteiger partial charge in [0.25, 0.3) is 0 Å². The predicted molar refractivity (Wildman–Crippen MR) is 105 cm³/mol. The molecular weight excluding hydrogens is 336 g/mol. The van der Waals surface area contributed by atoms with Crippen LogP contribution in [0, 0.1) is 13.8 Å². The first kappa shape index (κ1) is 17.5. The lowest BCUT2D eigenvalue weighted by Gasteiger charge is -2.22. The Hall–Kier alpha value is -2.95. The van der Waals surface area contributed by atoms with Gasteiger partial charge in [0.2, 0.25) is 5.91 Å². The van der Waals surface area contributed by atoms with E-state index in [1.54, 1.807) is 6.20 Å². The lowest BCUT2D eigenvalue weighted by molar-refractivity contribution is -0.131. The summed E-state index contributed by atoms with van der Waals surface area (Å²) in [7, 11) is 0. The number of nitrogens with zero attached hydrogens (tertiary/aromatic N) is 4. The molecule has 1 aliphatic rings. The van der Waals surface area contributed by atoms with E-state index in [9.17, 15) is 4.79 Å². The van der Waals surface area contributed by atoms with Crippen molar-refractivity contribution in [3.63, 3.8) is 0 Å². The number of hydrogen-bond acceptors (Lipinski definition) is 3. The summed E-state index contributed by atoms with van der Waals surface area (Å²) in [6.07, 6.45) is 4.33. The van der Waals surface area contributed by atoms with Crippen LogP contribution in [0.2, 0.25) is 0 Å². The van der Waals surface area contributed by atoms with E-state index in [1.165, 1.54) is 0 Å². The number of carbonyl (C=O) groups excluding carboxylic acids is 1. The van der Waals surface area contributed by atoms with E-state index in [-0.39, 0.29) is 5.91 Å². The molecule has 138 valence electrons. The van der Waals surface area contributed by atoms with Crippen molar-refractivity contribution in [3.05, 3.63) is 77.4 Å². The second-order valence-electron chi connectivity index (χ2n) is 7.15. The average Bonchev–Trinajstić information content (AvgIpc) is 3.50. The molecule has 1 aromatic carbocycles. The van der Waals surface area contributed by atoms with Crippen LogP contribution in [0.3, 0.4) is 0 Å². The largest absolute Gasteiger partial charge is 0.334 e. The Bertz CT molecular complexity index is 930. The summed E-state index contributed by atoms with van der Waals surface area (Å²) in [6, 6.07) is 16.2. The van der Waals surface area contributed by atoms with Crippen LogP contribution < -0.4 is 0 Å². The van der Waals surface area contributed by atoms with Gasteiger partial charge in [0.15, 0.2) is 0 Å². The fourth-order valence-corrected chi connectivity index (χ4v) is 3.48. The molecule has 3 aromatic rings. The Morgan fingerprint density at radius 1 is 1.11 bits per heavy atom. The molecule has 1 aliphatic carbocycles. The molecule has 0 radical (unpaired) electrons. The number of amides is 1. The number of carbonyl (C=O) groups is 1. The van der Waals surface area contributed by atoms with Crippen LogP contribution in [0.1, 0.15) is 35.5 Å². The zero-order valence-corrected chi connectivity index (χ0v) is 15.8. The van der Waals surface area contributed by atoms with Crippen molar-refractivity contribution < 1.29 is 4.79 Å². The van der Waals surface area contributed by atoms with Gasteiger partial charge in [0.1, 0.15) is 0 Å². The van der Waals surface area contributed by atoms with E-state index < -0.39 is 0 Å². The first-order chi connectivity index (χ1) is 13.1. The lowest BCUT2D eigenvalue weighted by atomic mass is 10.1. The number of pyridine rings is 1. The quantitative estimate of drug-likeness (QED) is 0.675. The van der Waals surface area contributed by atoms with E-state index in [0.717, 1.165) is 41.2 Å². The number of benzene rings is 1. The molecule has 0 atom stereocenters. The zero-order chi connectivity index (χ0) is 18.8. The molecule has 0 saturated heterocycles. The fourth-order valence-electron chi connectivity index (χ4n) is 3.48. The van der Waals surface area contributed by atoms with Gasteiger partial charge in [-0.1, -0.05) is 24.3 Å². The number of aromatic nitrogens is 3. The van der Waals surface area contributed by atoms with Crippen LogP contribution in [-0.2, 0) is 17.8 Å². The fraction of sp³-hybridized carbons (Fsp3) is 0.318. The summed E-state index contributed by atoms with van der Waals surface area (Å²) in [6.45, 7) is 4.60. The number of para-hydroxylation sites is 1. The summed E-state index contributed by atoms with van der Waals surface area (Å²) < 4.78 is 1.93. The smallest absolute Gasteiger partial charge is 0.227 e. The molecule has 1 fully saturated rings. The minimum absolute atomic E-state index is 0.155. The van der Waals surface area contributed by atoms with Crippen molar-refractivity contribution in [2.75, 3.05) is 0 Å². The van der Waals surface area contributed by atoms with Crippen molar-refractivity contribution in [2.24, 2.45) is 0 Å². The standard InChI is InChI=1S/C22H24N4O/c1-16-21(17(2)26(24-16)20-9-4-3-5-10-20)14-22(27)25(19-11-12-19)15-18-8-6-7-13-23-18/h3-10,13,19H,11-12,14-15H2,1-2H3. The topological polar surface area (TPSA) is 51.0 Å². The Morgan fingerprint density at radius 3 is 2.52 bits per heavy atom. The Morgan fingerprint density at radius 2 is 1.85 bits per heavy atom. The van der Waals surface area contributed by atoms with Crippen molar-refractivity contribution >= 4 is 5.91 Å². The zero-order valence-electron chi connectivity index (χ0n) is 15.8. The molecule has 1 amide bonds. The van der Waals surface area contributed by atoms with Crippen molar-refractivity contribution in [1.82, 2.24) is 19.7 Å². The SMILES string of the molecule is Cc1nn(-c2ccccc2)c(C)c1CC(=O)N(Cc1ccccn1)C1CC1. The highest BCUT2D eigenvalue weighted by Gasteiger charge is 2.33. The second kappa shape index (κ2) is 7.35. The van der Waals surface area contributed by atoms with Crippen LogP contribution in [0.4, 0.5) is 0 Å². The molecule has 2 heterocycles. The van der Waals surface area contributed by atoms with E-state index >= 15 is 0 Å². The molecule has 1 saturated carbocycles. The molecule has 0 aliphatic heterocycles. The van der Waals surface area contributed by atoms with Crippen molar-refractivity contribution in [2.45, 2.75) is 45.7 Å². The van der Waals surface area contributed by atoms with E-state index in [2.05, 4.69) is 10.1 Å². The van der Waals surface area contributed by atoms with Crippen LogP contribution in [0.5, 0.6) is 0 Å². The summed E-state index contributed by atoms with van der Waals surface area (Å²) in [5.41, 5.74) is 4.92. The molecular formula is C22H24N4O. The number of aryl methyl sites for hydroxylation is 1. The van der Waals surface area contributed by atoms with E-state index in [1.807, 2.05) is 72.0 Å². The minimum atomic E-state index is 0.155. The maximum Gasteiger partial charge on any atom is 0.227 e. The predicted octanol–water partition coefficient (Wildman–Crippen LogP) is 3.62. The van der Waals surface area contributed by atoms with E-state index in [0.29, 0.717) is 19.0 Å². The third kappa shape index (κ3) is 3.77.